The van der Waals surface area contributed by atoms with Gasteiger partial charge >= 0.3 is 0 Å². The van der Waals surface area contributed by atoms with E-state index >= 15 is 0 Å². The molecule has 0 fully saturated rings. The van der Waals surface area contributed by atoms with Crippen LogP contribution in [0.5, 0.6) is 0 Å². The van der Waals surface area contributed by atoms with Gasteiger partial charge in [-0.3, -0.25) is 0 Å². The van der Waals surface area contributed by atoms with E-state index in [9.17, 15) is 0 Å². The molecule has 1 atom stereocenters. The first-order chi connectivity index (χ1) is 7.59. The number of nitrogens with two attached hydrogens (primary N) is 1. The Kier molecular flexibility index (Phi) is 5.43. The molecule has 0 saturated carbocycles. The lowest BCUT2D eigenvalue weighted by Gasteiger charge is -2.19. The van der Waals surface area contributed by atoms with E-state index in [1.54, 1.807) is 0 Å². The van der Waals surface area contributed by atoms with E-state index in [4.69, 9.17) is 22.7 Å². The SMILES string of the molecule is CC(C)COC(CC(N)=S)c1ccccc1. The lowest BCUT2D eigenvalue weighted by atomic mass is 10.1. The average Bonchev–Trinajstić information content (AvgIpc) is 2.25. The number of ether oxygens (including phenoxy) is 1. The Hall–Kier alpha value is -0.930. The van der Waals surface area contributed by atoms with Crippen LogP contribution in [0.25, 0.3) is 0 Å². The molecule has 3 heteroatoms. The number of benzene rings is 1. The molecule has 2 nitrogen and oxygen atoms in total. The van der Waals surface area contributed by atoms with Gasteiger partial charge in [0.15, 0.2) is 0 Å². The van der Waals surface area contributed by atoms with E-state index in [-0.39, 0.29) is 6.10 Å². The Morgan fingerprint density at radius 3 is 2.44 bits per heavy atom. The maximum Gasteiger partial charge on any atom is 0.0887 e. The Morgan fingerprint density at radius 2 is 1.94 bits per heavy atom. The van der Waals surface area contributed by atoms with Crippen LogP contribution < -0.4 is 5.73 Å². The topological polar surface area (TPSA) is 35.2 Å². The van der Waals surface area contributed by atoms with Crippen LogP contribution in [-0.4, -0.2) is 11.6 Å². The third kappa shape index (κ3) is 4.73. The summed E-state index contributed by atoms with van der Waals surface area (Å²) in [6, 6.07) is 10.1. The molecule has 0 aliphatic rings. The zero-order valence-corrected chi connectivity index (χ0v) is 10.7. The molecule has 0 aliphatic heterocycles. The van der Waals surface area contributed by atoms with Gasteiger partial charge in [-0.15, -0.1) is 0 Å². The van der Waals surface area contributed by atoms with Crippen LogP contribution in [0.15, 0.2) is 30.3 Å². The molecule has 1 unspecified atom stereocenters. The van der Waals surface area contributed by atoms with E-state index < -0.39 is 0 Å². The summed E-state index contributed by atoms with van der Waals surface area (Å²) >= 11 is 4.95. The molecule has 1 aromatic carbocycles. The summed E-state index contributed by atoms with van der Waals surface area (Å²) in [5.74, 6) is 0.512. The fourth-order valence-corrected chi connectivity index (χ4v) is 1.58. The summed E-state index contributed by atoms with van der Waals surface area (Å²) in [5, 5.41) is 0. The second kappa shape index (κ2) is 6.61. The van der Waals surface area contributed by atoms with Gasteiger partial charge in [-0.2, -0.15) is 0 Å². The van der Waals surface area contributed by atoms with Crippen LogP contribution in [0.1, 0.15) is 31.9 Å². The molecule has 88 valence electrons. The van der Waals surface area contributed by atoms with Gasteiger partial charge < -0.3 is 10.5 Å². The smallest absolute Gasteiger partial charge is 0.0887 e. The lowest BCUT2D eigenvalue weighted by Crippen LogP contribution is -2.17. The second-order valence-electron chi connectivity index (χ2n) is 4.30. The molecule has 16 heavy (non-hydrogen) atoms. The van der Waals surface area contributed by atoms with Gasteiger partial charge in [-0.1, -0.05) is 56.4 Å². The van der Waals surface area contributed by atoms with Gasteiger partial charge in [0, 0.05) is 13.0 Å². The van der Waals surface area contributed by atoms with Crippen molar-refractivity contribution in [2.45, 2.75) is 26.4 Å². The largest absolute Gasteiger partial charge is 0.393 e. The first-order valence-electron chi connectivity index (χ1n) is 5.54. The molecule has 0 saturated heterocycles. The highest BCUT2D eigenvalue weighted by Gasteiger charge is 2.13. The monoisotopic (exact) mass is 237 g/mol. The molecule has 0 spiro atoms. The highest BCUT2D eigenvalue weighted by molar-refractivity contribution is 7.80. The fourth-order valence-electron chi connectivity index (χ4n) is 1.43. The summed E-state index contributed by atoms with van der Waals surface area (Å²) in [5.41, 5.74) is 6.72. The quantitative estimate of drug-likeness (QED) is 0.772. The van der Waals surface area contributed by atoms with Crippen LogP contribution in [0, 0.1) is 5.92 Å². The maximum atomic E-state index is 5.83. The standard InChI is InChI=1S/C13H19NOS/c1-10(2)9-15-12(8-13(14)16)11-6-4-3-5-7-11/h3-7,10,12H,8-9H2,1-2H3,(H2,14,16). The normalized spacial score (nSPS) is 12.7. The molecule has 0 aliphatic carbocycles. The molecule has 2 N–H and O–H groups in total. The van der Waals surface area contributed by atoms with Gasteiger partial charge in [0.1, 0.15) is 0 Å². The molecule has 1 aromatic rings. The van der Waals surface area contributed by atoms with Crippen molar-refractivity contribution in [2.24, 2.45) is 11.7 Å². The summed E-state index contributed by atoms with van der Waals surface area (Å²) < 4.78 is 5.83. The van der Waals surface area contributed by atoms with Crippen LogP contribution in [0.2, 0.25) is 0 Å². The Bertz CT molecular complexity index is 324. The van der Waals surface area contributed by atoms with Gasteiger partial charge in [0.05, 0.1) is 11.1 Å². The van der Waals surface area contributed by atoms with Gasteiger partial charge in [-0.05, 0) is 11.5 Å². The number of thiocarbonyl (C=S) groups is 1. The van der Waals surface area contributed by atoms with E-state index in [0.717, 1.165) is 12.2 Å². The maximum absolute atomic E-state index is 5.83. The van der Waals surface area contributed by atoms with Crippen molar-refractivity contribution >= 4 is 17.2 Å². The highest BCUT2D eigenvalue weighted by atomic mass is 32.1. The first-order valence-corrected chi connectivity index (χ1v) is 5.95. The fraction of sp³-hybridized carbons (Fsp3) is 0.462. The van der Waals surface area contributed by atoms with E-state index in [0.29, 0.717) is 17.3 Å². The minimum atomic E-state index is -0.0129. The van der Waals surface area contributed by atoms with Crippen molar-refractivity contribution < 1.29 is 4.74 Å². The van der Waals surface area contributed by atoms with E-state index in [1.165, 1.54) is 0 Å². The average molecular weight is 237 g/mol. The summed E-state index contributed by atoms with van der Waals surface area (Å²) in [4.78, 5) is 0.498. The third-order valence-electron chi connectivity index (χ3n) is 2.19. The Morgan fingerprint density at radius 1 is 1.31 bits per heavy atom. The molecule has 0 amide bonds. The molecule has 1 rings (SSSR count). The lowest BCUT2D eigenvalue weighted by molar-refractivity contribution is 0.0397. The van der Waals surface area contributed by atoms with Crippen molar-refractivity contribution in [1.82, 2.24) is 0 Å². The summed E-state index contributed by atoms with van der Waals surface area (Å²) in [7, 11) is 0. The first kappa shape index (κ1) is 13.1. The Balaban J connectivity index is 2.67. The minimum absolute atomic E-state index is 0.0129. The number of rotatable bonds is 6. The zero-order valence-electron chi connectivity index (χ0n) is 9.85. The van der Waals surface area contributed by atoms with Gasteiger partial charge in [0.25, 0.3) is 0 Å². The molecule has 0 radical (unpaired) electrons. The second-order valence-corrected chi connectivity index (χ2v) is 4.82. The third-order valence-corrected chi connectivity index (χ3v) is 2.36. The van der Waals surface area contributed by atoms with Crippen LogP contribution in [0.3, 0.4) is 0 Å². The van der Waals surface area contributed by atoms with Crippen LogP contribution in [-0.2, 0) is 4.74 Å². The predicted molar refractivity (Wildman–Crippen MR) is 71.4 cm³/mol. The van der Waals surface area contributed by atoms with Crippen molar-refractivity contribution in [1.29, 1.82) is 0 Å². The van der Waals surface area contributed by atoms with Crippen molar-refractivity contribution in [3.05, 3.63) is 35.9 Å². The molecule has 0 bridgehead atoms. The van der Waals surface area contributed by atoms with Crippen LogP contribution in [0.4, 0.5) is 0 Å². The predicted octanol–water partition coefficient (Wildman–Crippen LogP) is 3.08. The van der Waals surface area contributed by atoms with E-state index in [1.807, 2.05) is 30.3 Å². The number of hydrogen-bond donors (Lipinski definition) is 1. The van der Waals surface area contributed by atoms with Crippen LogP contribution >= 0.6 is 12.2 Å². The number of hydrogen-bond acceptors (Lipinski definition) is 2. The zero-order chi connectivity index (χ0) is 12.0. The molecular weight excluding hydrogens is 218 g/mol. The molecule has 0 aromatic heterocycles. The summed E-state index contributed by atoms with van der Waals surface area (Å²) in [6.45, 7) is 4.98. The van der Waals surface area contributed by atoms with Gasteiger partial charge in [-0.25, -0.2) is 0 Å². The summed E-state index contributed by atoms with van der Waals surface area (Å²) in [6.07, 6.45) is 0.590. The van der Waals surface area contributed by atoms with E-state index in [2.05, 4.69) is 13.8 Å². The van der Waals surface area contributed by atoms with Gasteiger partial charge in [0.2, 0.25) is 0 Å². The van der Waals surface area contributed by atoms with Crippen molar-refractivity contribution in [2.75, 3.05) is 6.61 Å². The molecular formula is C13H19NOS. The highest BCUT2D eigenvalue weighted by Crippen LogP contribution is 2.21. The van der Waals surface area contributed by atoms with Crippen molar-refractivity contribution in [3.63, 3.8) is 0 Å². The Labute approximate surface area is 103 Å². The van der Waals surface area contributed by atoms with Crippen molar-refractivity contribution in [3.8, 4) is 0 Å². The minimum Gasteiger partial charge on any atom is -0.393 e. The molecule has 0 heterocycles.